The molecule has 0 amide bonds. The van der Waals surface area contributed by atoms with Gasteiger partial charge in [0.15, 0.2) is 5.75 Å². The van der Waals surface area contributed by atoms with Gasteiger partial charge in [-0.1, -0.05) is 48.3 Å². The van der Waals surface area contributed by atoms with Gasteiger partial charge >= 0.3 is 0 Å². The number of benzene rings is 2. The highest BCUT2D eigenvalue weighted by Crippen LogP contribution is 2.35. The van der Waals surface area contributed by atoms with E-state index in [1.54, 1.807) is 17.8 Å². The van der Waals surface area contributed by atoms with Crippen LogP contribution in [0.25, 0.3) is 0 Å². The quantitative estimate of drug-likeness (QED) is 0.567. The molecule has 5 heteroatoms. The molecule has 0 radical (unpaired) electrons. The van der Waals surface area contributed by atoms with Crippen molar-refractivity contribution in [2.75, 3.05) is 11.1 Å². The third-order valence-electron chi connectivity index (χ3n) is 2.77. The minimum Gasteiger partial charge on any atom is -0.504 e. The van der Waals surface area contributed by atoms with Crippen molar-refractivity contribution in [3.8, 4) is 5.75 Å². The highest BCUT2D eigenvalue weighted by molar-refractivity contribution is 7.99. The number of aromatic hydroxyl groups is 1. The molecule has 106 valence electrons. The van der Waals surface area contributed by atoms with Crippen LogP contribution in [0, 0.1) is 0 Å². The molecule has 2 aromatic carbocycles. The first kappa shape index (κ1) is 15.4. The topological polar surface area (TPSA) is 32.3 Å². The average molecular weight is 328 g/mol. The van der Waals surface area contributed by atoms with Crippen molar-refractivity contribution in [3.63, 3.8) is 0 Å². The smallest absolute Gasteiger partial charge is 0.157 e. The minimum atomic E-state index is 0.0247. The van der Waals surface area contributed by atoms with Gasteiger partial charge in [-0.05, 0) is 29.5 Å². The lowest BCUT2D eigenvalue weighted by Gasteiger charge is -2.12. The van der Waals surface area contributed by atoms with Crippen molar-refractivity contribution < 1.29 is 5.11 Å². The summed E-state index contributed by atoms with van der Waals surface area (Å²) in [5.41, 5.74) is 1.72. The fourth-order valence-electron chi connectivity index (χ4n) is 1.84. The summed E-state index contributed by atoms with van der Waals surface area (Å²) in [5.74, 6) is 1.04. The molecular weight excluding hydrogens is 313 g/mol. The van der Waals surface area contributed by atoms with Crippen molar-refractivity contribution in [3.05, 3.63) is 52.0 Å². The zero-order valence-corrected chi connectivity index (χ0v) is 13.3. The van der Waals surface area contributed by atoms with E-state index in [1.165, 1.54) is 16.5 Å². The number of nitrogens with one attached hydrogen (secondary N) is 1. The molecule has 2 rings (SSSR count). The van der Waals surface area contributed by atoms with Crippen LogP contribution in [0.4, 0.5) is 5.69 Å². The Morgan fingerprint density at radius 3 is 2.70 bits per heavy atom. The number of hydrogen-bond acceptors (Lipinski definition) is 3. The van der Waals surface area contributed by atoms with Crippen molar-refractivity contribution >= 4 is 40.7 Å². The fourth-order valence-corrected chi connectivity index (χ4v) is 3.14. The van der Waals surface area contributed by atoms with E-state index >= 15 is 0 Å². The number of thioether (sulfide) groups is 1. The molecule has 0 saturated heterocycles. The van der Waals surface area contributed by atoms with E-state index in [1.807, 2.05) is 12.1 Å². The van der Waals surface area contributed by atoms with Crippen LogP contribution >= 0.6 is 35.0 Å². The lowest BCUT2D eigenvalue weighted by molar-refractivity contribution is 0.477. The minimum absolute atomic E-state index is 0.0247. The van der Waals surface area contributed by atoms with Gasteiger partial charge in [0.25, 0.3) is 0 Å². The molecule has 0 atom stereocenters. The van der Waals surface area contributed by atoms with E-state index < -0.39 is 0 Å². The number of phenols is 1. The molecule has 0 aromatic heterocycles. The Kier molecular flexibility index (Phi) is 5.46. The van der Waals surface area contributed by atoms with E-state index in [2.05, 4.69) is 24.4 Å². The van der Waals surface area contributed by atoms with Crippen LogP contribution in [-0.4, -0.2) is 10.9 Å². The van der Waals surface area contributed by atoms with Crippen LogP contribution in [0.5, 0.6) is 5.75 Å². The summed E-state index contributed by atoms with van der Waals surface area (Å²) in [6.07, 6.45) is 0. The maximum absolute atomic E-state index is 9.91. The summed E-state index contributed by atoms with van der Waals surface area (Å²) in [7, 11) is 0. The van der Waals surface area contributed by atoms with Crippen LogP contribution in [0.15, 0.2) is 41.3 Å². The Bertz CT molecular complexity index is 604. The van der Waals surface area contributed by atoms with Crippen LogP contribution < -0.4 is 5.32 Å². The molecule has 0 heterocycles. The second-order valence-electron chi connectivity index (χ2n) is 4.18. The Hall–Kier alpha value is -1.03. The van der Waals surface area contributed by atoms with Gasteiger partial charge in [0.1, 0.15) is 0 Å². The van der Waals surface area contributed by atoms with Crippen molar-refractivity contribution in [2.45, 2.75) is 18.4 Å². The van der Waals surface area contributed by atoms with Crippen LogP contribution in [0.1, 0.15) is 12.5 Å². The number of rotatable bonds is 5. The third kappa shape index (κ3) is 3.75. The molecule has 0 bridgehead atoms. The van der Waals surface area contributed by atoms with Gasteiger partial charge in [-0.25, -0.2) is 0 Å². The van der Waals surface area contributed by atoms with E-state index in [0.717, 1.165) is 5.75 Å². The molecular formula is C15H15Cl2NOS. The first-order valence-electron chi connectivity index (χ1n) is 6.24. The van der Waals surface area contributed by atoms with E-state index in [9.17, 15) is 5.11 Å². The van der Waals surface area contributed by atoms with Crippen LogP contribution in [0.3, 0.4) is 0 Å². The van der Waals surface area contributed by atoms with E-state index in [-0.39, 0.29) is 10.8 Å². The number of anilines is 1. The SMILES string of the molecule is CCSc1ccccc1CNc1cc(Cl)cc(Cl)c1O. The predicted octanol–water partition coefficient (Wildman–Crippen LogP) is 5.42. The lowest BCUT2D eigenvalue weighted by atomic mass is 10.2. The van der Waals surface area contributed by atoms with Gasteiger partial charge in [-0.3, -0.25) is 0 Å². The molecule has 20 heavy (non-hydrogen) atoms. The molecule has 0 fully saturated rings. The van der Waals surface area contributed by atoms with Gasteiger partial charge in [-0.2, -0.15) is 0 Å². The predicted molar refractivity (Wildman–Crippen MR) is 88.3 cm³/mol. The third-order valence-corrected chi connectivity index (χ3v) is 4.27. The molecule has 2 aromatic rings. The summed E-state index contributed by atoms with van der Waals surface area (Å²) in [6, 6.07) is 11.4. The molecule has 0 aliphatic carbocycles. The molecule has 0 spiro atoms. The fraction of sp³-hybridized carbons (Fsp3) is 0.200. The Morgan fingerprint density at radius 2 is 1.95 bits per heavy atom. The molecule has 2 nitrogen and oxygen atoms in total. The standard InChI is InChI=1S/C15H15Cl2NOS/c1-2-20-14-6-4-3-5-10(14)9-18-13-8-11(16)7-12(17)15(13)19/h3-8,18-19H,2,9H2,1H3. The summed E-state index contributed by atoms with van der Waals surface area (Å²) in [5, 5.41) is 13.8. The Balaban J connectivity index is 2.17. The Labute approximate surface area is 133 Å². The maximum Gasteiger partial charge on any atom is 0.157 e. The average Bonchev–Trinajstić information content (AvgIpc) is 2.43. The first-order valence-corrected chi connectivity index (χ1v) is 7.98. The van der Waals surface area contributed by atoms with E-state index in [4.69, 9.17) is 23.2 Å². The monoisotopic (exact) mass is 327 g/mol. The zero-order valence-electron chi connectivity index (χ0n) is 11.0. The number of hydrogen-bond donors (Lipinski definition) is 2. The Morgan fingerprint density at radius 1 is 1.20 bits per heavy atom. The number of halogens is 2. The summed E-state index contributed by atoms with van der Waals surface area (Å²) in [4.78, 5) is 1.23. The highest BCUT2D eigenvalue weighted by atomic mass is 35.5. The molecule has 0 unspecified atom stereocenters. The van der Waals surface area contributed by atoms with Gasteiger partial charge in [0, 0.05) is 16.5 Å². The van der Waals surface area contributed by atoms with Gasteiger partial charge < -0.3 is 10.4 Å². The second kappa shape index (κ2) is 7.11. The molecule has 0 saturated carbocycles. The molecule has 0 aliphatic rings. The molecule has 0 aliphatic heterocycles. The maximum atomic E-state index is 9.91. The van der Waals surface area contributed by atoms with E-state index in [0.29, 0.717) is 17.3 Å². The van der Waals surface area contributed by atoms with Crippen molar-refractivity contribution in [1.29, 1.82) is 0 Å². The summed E-state index contributed by atoms with van der Waals surface area (Å²) >= 11 is 13.6. The second-order valence-corrected chi connectivity index (χ2v) is 6.33. The van der Waals surface area contributed by atoms with Gasteiger partial charge in [-0.15, -0.1) is 11.8 Å². The van der Waals surface area contributed by atoms with Crippen molar-refractivity contribution in [1.82, 2.24) is 0 Å². The largest absolute Gasteiger partial charge is 0.504 e. The highest BCUT2D eigenvalue weighted by Gasteiger charge is 2.08. The first-order chi connectivity index (χ1) is 9.61. The molecule has 2 N–H and O–H groups in total. The van der Waals surface area contributed by atoms with Crippen LogP contribution in [-0.2, 0) is 6.54 Å². The van der Waals surface area contributed by atoms with Crippen LogP contribution in [0.2, 0.25) is 10.0 Å². The summed E-state index contributed by atoms with van der Waals surface area (Å²) < 4.78 is 0. The lowest BCUT2D eigenvalue weighted by Crippen LogP contribution is -2.01. The van der Waals surface area contributed by atoms with Gasteiger partial charge in [0.05, 0.1) is 10.7 Å². The van der Waals surface area contributed by atoms with Gasteiger partial charge in [0.2, 0.25) is 0 Å². The number of phenolic OH excluding ortho intramolecular Hbond substituents is 1. The zero-order chi connectivity index (χ0) is 14.5. The van der Waals surface area contributed by atoms with Crippen molar-refractivity contribution in [2.24, 2.45) is 0 Å². The normalized spacial score (nSPS) is 10.6. The summed E-state index contributed by atoms with van der Waals surface area (Å²) in [6.45, 7) is 2.73.